The van der Waals surface area contributed by atoms with E-state index >= 15 is 0 Å². The van der Waals surface area contributed by atoms with E-state index in [9.17, 15) is 9.59 Å². The fourth-order valence-corrected chi connectivity index (χ4v) is 5.32. The monoisotopic (exact) mass is 570 g/mol. The first kappa shape index (κ1) is 27.5. The van der Waals surface area contributed by atoms with Crippen LogP contribution in [0.1, 0.15) is 24.4 Å². The van der Waals surface area contributed by atoms with Crippen LogP contribution in [0.5, 0.6) is 0 Å². The predicted octanol–water partition coefficient (Wildman–Crippen LogP) is 4.05. The van der Waals surface area contributed by atoms with Crippen molar-refractivity contribution in [3.05, 3.63) is 66.4 Å². The van der Waals surface area contributed by atoms with Crippen LogP contribution >= 0.6 is 0 Å². The van der Waals surface area contributed by atoms with E-state index in [1.807, 2.05) is 65.5 Å². The maximum absolute atomic E-state index is 12.7. The molecule has 2 aromatic heterocycles. The zero-order valence-electron chi connectivity index (χ0n) is 23.5. The van der Waals surface area contributed by atoms with Crippen LogP contribution in [0.15, 0.2) is 60.8 Å². The van der Waals surface area contributed by atoms with Gasteiger partial charge in [0.25, 0.3) is 0 Å². The van der Waals surface area contributed by atoms with Crippen LogP contribution in [-0.4, -0.2) is 83.2 Å². The summed E-state index contributed by atoms with van der Waals surface area (Å²) in [6.45, 7) is 4.14. The SMILES string of the molecule is CNC(=O)Nc1ccc(-c2nc(N3CCOCC3)c3cnn(C4CCN(C(=O)OCc5ccccc5)CC4)c3n2)cc1. The minimum atomic E-state index is -0.295. The number of anilines is 2. The minimum absolute atomic E-state index is 0.0834. The Morgan fingerprint density at radius 3 is 2.43 bits per heavy atom. The Labute approximate surface area is 243 Å². The van der Waals surface area contributed by atoms with E-state index in [4.69, 9.17) is 24.5 Å². The van der Waals surface area contributed by atoms with Gasteiger partial charge >= 0.3 is 12.1 Å². The number of hydrogen-bond acceptors (Lipinski definition) is 8. The number of piperidine rings is 1. The molecule has 4 aromatic rings. The molecule has 0 aliphatic carbocycles. The van der Waals surface area contributed by atoms with Crippen LogP contribution in [0.2, 0.25) is 0 Å². The van der Waals surface area contributed by atoms with Gasteiger partial charge in [0.15, 0.2) is 11.5 Å². The van der Waals surface area contributed by atoms with Crippen LogP contribution < -0.4 is 15.5 Å². The number of ether oxygens (including phenoxy) is 2. The Hall–Kier alpha value is -4.71. The number of nitrogens with zero attached hydrogens (tertiary/aromatic N) is 6. The number of carbonyl (C=O) groups is 2. The number of hydrogen-bond donors (Lipinski definition) is 2. The highest BCUT2D eigenvalue weighted by Gasteiger charge is 2.28. The summed E-state index contributed by atoms with van der Waals surface area (Å²) in [6.07, 6.45) is 3.03. The van der Waals surface area contributed by atoms with E-state index in [0.29, 0.717) is 37.8 Å². The molecule has 218 valence electrons. The quantitative estimate of drug-likeness (QED) is 0.356. The zero-order valence-corrected chi connectivity index (χ0v) is 23.5. The van der Waals surface area contributed by atoms with Crippen LogP contribution in [0, 0.1) is 0 Å². The first-order chi connectivity index (χ1) is 20.6. The number of nitrogens with one attached hydrogen (secondary N) is 2. The Morgan fingerprint density at radius 2 is 1.71 bits per heavy atom. The van der Waals surface area contributed by atoms with Crippen molar-refractivity contribution in [3.63, 3.8) is 0 Å². The molecule has 3 amide bonds. The van der Waals surface area contributed by atoms with Gasteiger partial charge in [-0.05, 0) is 42.7 Å². The third-order valence-electron chi connectivity index (χ3n) is 7.65. The van der Waals surface area contributed by atoms with Crippen molar-refractivity contribution in [1.29, 1.82) is 0 Å². The molecule has 12 nitrogen and oxygen atoms in total. The predicted molar refractivity (Wildman–Crippen MR) is 158 cm³/mol. The molecular formula is C30H34N8O4. The number of benzene rings is 2. The molecule has 0 spiro atoms. The second-order valence-electron chi connectivity index (χ2n) is 10.3. The van der Waals surface area contributed by atoms with Gasteiger partial charge in [-0.3, -0.25) is 0 Å². The number of urea groups is 1. The lowest BCUT2D eigenvalue weighted by Gasteiger charge is -2.31. The van der Waals surface area contributed by atoms with Gasteiger partial charge in [0.2, 0.25) is 0 Å². The van der Waals surface area contributed by atoms with Crippen LogP contribution in [0.3, 0.4) is 0 Å². The van der Waals surface area contributed by atoms with Gasteiger partial charge < -0.3 is 29.9 Å². The largest absolute Gasteiger partial charge is 0.445 e. The Balaban J connectivity index is 1.23. The van der Waals surface area contributed by atoms with Crippen molar-refractivity contribution < 1.29 is 19.1 Å². The minimum Gasteiger partial charge on any atom is -0.445 e. The Bertz CT molecular complexity index is 1530. The summed E-state index contributed by atoms with van der Waals surface area (Å²) in [4.78, 5) is 38.4. The van der Waals surface area contributed by atoms with E-state index in [1.54, 1.807) is 11.9 Å². The van der Waals surface area contributed by atoms with Gasteiger partial charge in [-0.15, -0.1) is 0 Å². The van der Waals surface area contributed by atoms with Crippen molar-refractivity contribution in [2.45, 2.75) is 25.5 Å². The summed E-state index contributed by atoms with van der Waals surface area (Å²) in [7, 11) is 1.57. The molecule has 6 rings (SSSR count). The fourth-order valence-electron chi connectivity index (χ4n) is 5.32. The summed E-state index contributed by atoms with van der Waals surface area (Å²) in [5.74, 6) is 1.41. The molecule has 2 N–H and O–H groups in total. The topological polar surface area (TPSA) is 127 Å². The second-order valence-corrected chi connectivity index (χ2v) is 10.3. The maximum atomic E-state index is 12.7. The highest BCUT2D eigenvalue weighted by molar-refractivity contribution is 5.90. The van der Waals surface area contributed by atoms with Crippen LogP contribution in [0.4, 0.5) is 21.1 Å². The van der Waals surface area contributed by atoms with Gasteiger partial charge in [0.05, 0.1) is 30.8 Å². The van der Waals surface area contributed by atoms with E-state index in [2.05, 4.69) is 15.5 Å². The summed E-state index contributed by atoms with van der Waals surface area (Å²) >= 11 is 0. The van der Waals surface area contributed by atoms with Gasteiger partial charge in [0.1, 0.15) is 12.4 Å². The van der Waals surface area contributed by atoms with E-state index in [1.165, 1.54) is 0 Å². The smallest absolute Gasteiger partial charge is 0.410 e. The number of fused-ring (bicyclic) bond motifs is 1. The average molecular weight is 571 g/mol. The summed E-state index contributed by atoms with van der Waals surface area (Å²) in [6, 6.07) is 17.0. The van der Waals surface area contributed by atoms with Gasteiger partial charge in [-0.25, -0.2) is 24.2 Å². The molecule has 0 saturated carbocycles. The van der Waals surface area contributed by atoms with Crippen molar-refractivity contribution in [1.82, 2.24) is 30.0 Å². The van der Waals surface area contributed by atoms with Crippen molar-refractivity contribution >= 4 is 34.7 Å². The molecular weight excluding hydrogens is 536 g/mol. The first-order valence-corrected chi connectivity index (χ1v) is 14.2. The molecule has 2 aliphatic heterocycles. The Morgan fingerprint density at radius 1 is 0.976 bits per heavy atom. The average Bonchev–Trinajstić information content (AvgIpc) is 3.48. The molecule has 2 saturated heterocycles. The Kier molecular flexibility index (Phi) is 8.13. The highest BCUT2D eigenvalue weighted by Crippen LogP contribution is 2.32. The number of morpholine rings is 1. The number of carbonyl (C=O) groups excluding carboxylic acids is 2. The molecule has 0 bridgehead atoms. The van der Waals surface area contributed by atoms with Gasteiger partial charge in [-0.2, -0.15) is 5.10 Å². The third kappa shape index (κ3) is 5.98. The maximum Gasteiger partial charge on any atom is 0.410 e. The van der Waals surface area contributed by atoms with Crippen LogP contribution in [-0.2, 0) is 16.1 Å². The molecule has 12 heteroatoms. The number of likely N-dealkylation sites (tertiary alicyclic amines) is 1. The van der Waals surface area contributed by atoms with E-state index in [-0.39, 0.29) is 24.8 Å². The molecule has 2 aliphatic rings. The molecule has 0 atom stereocenters. The number of aromatic nitrogens is 4. The standard InChI is InChI=1S/C30H34N8O4/c1-31-29(39)33-23-9-7-22(8-10-23)26-34-27(36-15-17-41-18-16-36)25-19-32-38(28(25)35-26)24-11-13-37(14-12-24)30(40)42-20-21-5-3-2-4-6-21/h2-10,19,24H,11-18,20H2,1H3,(H2,31,33,39). The molecule has 0 unspecified atom stereocenters. The lowest BCUT2D eigenvalue weighted by molar-refractivity contribution is 0.0824. The van der Waals surface area contributed by atoms with Crippen molar-refractivity contribution in [2.24, 2.45) is 0 Å². The highest BCUT2D eigenvalue weighted by atomic mass is 16.6. The molecule has 4 heterocycles. The lowest BCUT2D eigenvalue weighted by Crippen LogP contribution is -2.39. The van der Waals surface area contributed by atoms with E-state index in [0.717, 1.165) is 53.9 Å². The normalized spacial score (nSPS) is 15.9. The van der Waals surface area contributed by atoms with Gasteiger partial charge in [0, 0.05) is 44.5 Å². The molecule has 2 fully saturated rings. The van der Waals surface area contributed by atoms with E-state index < -0.39 is 0 Å². The van der Waals surface area contributed by atoms with Crippen LogP contribution in [0.25, 0.3) is 22.4 Å². The third-order valence-corrected chi connectivity index (χ3v) is 7.65. The summed E-state index contributed by atoms with van der Waals surface area (Å²) in [5, 5.41) is 11.0. The second kappa shape index (κ2) is 12.4. The molecule has 0 radical (unpaired) electrons. The summed E-state index contributed by atoms with van der Waals surface area (Å²) < 4.78 is 13.1. The van der Waals surface area contributed by atoms with Crippen molar-refractivity contribution in [2.75, 3.05) is 56.7 Å². The lowest BCUT2D eigenvalue weighted by atomic mass is 10.1. The van der Waals surface area contributed by atoms with Crippen molar-refractivity contribution in [3.8, 4) is 11.4 Å². The van der Waals surface area contributed by atoms with Gasteiger partial charge in [-0.1, -0.05) is 30.3 Å². The summed E-state index contributed by atoms with van der Waals surface area (Å²) in [5.41, 5.74) is 3.23. The zero-order chi connectivity index (χ0) is 28.9. The first-order valence-electron chi connectivity index (χ1n) is 14.2. The molecule has 42 heavy (non-hydrogen) atoms. The number of amides is 3. The fraction of sp³-hybridized carbons (Fsp3) is 0.367. The number of rotatable bonds is 6. The molecule has 2 aromatic carbocycles.